The molecule has 2 aliphatic rings. The second-order valence-corrected chi connectivity index (χ2v) is 6.20. The number of aryl methyl sites for hydroxylation is 1. The lowest BCUT2D eigenvalue weighted by atomic mass is 9.82. The summed E-state index contributed by atoms with van der Waals surface area (Å²) < 4.78 is 1.58. The van der Waals surface area contributed by atoms with Crippen LogP contribution in [0.1, 0.15) is 38.5 Å². The van der Waals surface area contributed by atoms with Gasteiger partial charge in [-0.1, -0.05) is 19.3 Å². The summed E-state index contributed by atoms with van der Waals surface area (Å²) in [5.74, 6) is 0.000168. The molecule has 0 atom stereocenters. The zero-order valence-corrected chi connectivity index (χ0v) is 13.2. The van der Waals surface area contributed by atoms with Crippen LogP contribution in [0.15, 0.2) is 12.3 Å². The van der Waals surface area contributed by atoms with Gasteiger partial charge in [0.05, 0.1) is 0 Å². The van der Waals surface area contributed by atoms with Crippen LogP contribution in [-0.2, 0) is 16.6 Å². The van der Waals surface area contributed by atoms with Gasteiger partial charge >= 0.3 is 6.03 Å². The number of hydrogen-bond acceptors (Lipinski definition) is 4. The van der Waals surface area contributed by atoms with Crippen molar-refractivity contribution >= 4 is 23.7 Å². The van der Waals surface area contributed by atoms with E-state index in [9.17, 15) is 14.4 Å². The minimum atomic E-state index is -0.729. The van der Waals surface area contributed by atoms with Crippen molar-refractivity contribution in [2.75, 3.05) is 11.9 Å². The summed E-state index contributed by atoms with van der Waals surface area (Å²) in [7, 11) is 1.76. The Kier molecular flexibility index (Phi) is 4.06. The average Bonchev–Trinajstić information content (AvgIpc) is 3.01. The molecule has 124 valence electrons. The summed E-state index contributed by atoms with van der Waals surface area (Å²) >= 11 is 0. The summed E-state index contributed by atoms with van der Waals surface area (Å²) in [5, 5.41) is 9.54. The quantitative estimate of drug-likeness (QED) is 0.809. The molecule has 1 aliphatic heterocycles. The third-order valence-corrected chi connectivity index (χ3v) is 4.50. The van der Waals surface area contributed by atoms with Gasteiger partial charge in [0.25, 0.3) is 5.91 Å². The molecule has 2 fully saturated rings. The summed E-state index contributed by atoms with van der Waals surface area (Å²) in [6.07, 6.45) is 6.14. The highest BCUT2D eigenvalue weighted by atomic mass is 16.2. The van der Waals surface area contributed by atoms with Gasteiger partial charge in [0.2, 0.25) is 5.91 Å². The lowest BCUT2D eigenvalue weighted by molar-refractivity contribution is -0.132. The lowest BCUT2D eigenvalue weighted by Crippen LogP contribution is -2.48. The van der Waals surface area contributed by atoms with Gasteiger partial charge in [-0.25, -0.2) is 4.79 Å². The number of carbonyl (C=O) groups is 3. The van der Waals surface area contributed by atoms with E-state index in [0.717, 1.165) is 19.3 Å². The Labute approximate surface area is 134 Å². The molecule has 1 aliphatic carbocycles. The summed E-state index contributed by atoms with van der Waals surface area (Å²) in [5.41, 5.74) is -0.729. The fraction of sp³-hybridized carbons (Fsp3) is 0.600. The van der Waals surface area contributed by atoms with Gasteiger partial charge in [-0.3, -0.25) is 19.2 Å². The zero-order chi connectivity index (χ0) is 16.4. The number of carbonyl (C=O) groups excluding carboxylic acids is 3. The maximum absolute atomic E-state index is 12.6. The molecule has 1 aromatic heterocycles. The van der Waals surface area contributed by atoms with Gasteiger partial charge in [-0.15, -0.1) is 0 Å². The molecule has 4 amide bonds. The molecule has 8 nitrogen and oxygen atoms in total. The predicted octanol–water partition coefficient (Wildman–Crippen LogP) is 1.00. The maximum Gasteiger partial charge on any atom is 0.325 e. The number of amides is 4. The molecule has 2 N–H and O–H groups in total. The number of anilines is 1. The Morgan fingerprint density at radius 2 is 2.09 bits per heavy atom. The van der Waals surface area contributed by atoms with E-state index in [-0.39, 0.29) is 30.8 Å². The fourth-order valence-corrected chi connectivity index (χ4v) is 3.27. The van der Waals surface area contributed by atoms with E-state index in [1.165, 1.54) is 4.90 Å². The smallest absolute Gasteiger partial charge is 0.323 e. The van der Waals surface area contributed by atoms with Crippen molar-refractivity contribution in [3.8, 4) is 0 Å². The van der Waals surface area contributed by atoms with Crippen molar-refractivity contribution in [3.63, 3.8) is 0 Å². The highest BCUT2D eigenvalue weighted by Gasteiger charge is 2.50. The van der Waals surface area contributed by atoms with Crippen LogP contribution in [0.4, 0.5) is 10.6 Å². The number of nitrogens with one attached hydrogen (secondary N) is 2. The highest BCUT2D eigenvalue weighted by molar-refractivity contribution is 6.07. The molecule has 0 bridgehead atoms. The monoisotopic (exact) mass is 319 g/mol. The van der Waals surface area contributed by atoms with E-state index in [1.54, 1.807) is 24.0 Å². The number of imide groups is 1. The van der Waals surface area contributed by atoms with Crippen molar-refractivity contribution in [2.45, 2.75) is 44.1 Å². The molecule has 23 heavy (non-hydrogen) atoms. The Morgan fingerprint density at radius 3 is 2.74 bits per heavy atom. The van der Waals surface area contributed by atoms with Gasteiger partial charge in [-0.2, -0.15) is 5.10 Å². The molecule has 1 spiro atoms. The summed E-state index contributed by atoms with van der Waals surface area (Å²) in [6, 6.07) is 1.30. The molecule has 2 heterocycles. The van der Waals surface area contributed by atoms with Crippen LogP contribution in [0.2, 0.25) is 0 Å². The van der Waals surface area contributed by atoms with Crippen LogP contribution in [0.5, 0.6) is 0 Å². The number of hydrogen-bond donors (Lipinski definition) is 2. The van der Waals surface area contributed by atoms with Crippen molar-refractivity contribution < 1.29 is 14.4 Å². The minimum Gasteiger partial charge on any atom is -0.323 e. The molecule has 3 rings (SSSR count). The third-order valence-electron chi connectivity index (χ3n) is 4.50. The topological polar surface area (TPSA) is 96.3 Å². The lowest BCUT2D eigenvalue weighted by Gasteiger charge is -2.30. The normalized spacial score (nSPS) is 20.0. The largest absolute Gasteiger partial charge is 0.325 e. The standard InChI is InChI=1S/C15H21N5O3/c1-19-9-5-11(18-19)16-12(21)6-10-20-13(22)15(17-14(20)23)7-3-2-4-8-15/h5,9H,2-4,6-8,10H2,1H3,(H,17,23)(H,16,18,21). The first-order chi connectivity index (χ1) is 11.0. The molecular formula is C15H21N5O3. The summed E-state index contributed by atoms with van der Waals surface area (Å²) in [6.45, 7) is 0.0884. The number of aromatic nitrogens is 2. The minimum absolute atomic E-state index is 0.0613. The first-order valence-electron chi connectivity index (χ1n) is 7.94. The van der Waals surface area contributed by atoms with Gasteiger partial charge < -0.3 is 10.6 Å². The highest BCUT2D eigenvalue weighted by Crippen LogP contribution is 2.33. The molecule has 1 saturated heterocycles. The number of nitrogens with zero attached hydrogens (tertiary/aromatic N) is 3. The van der Waals surface area contributed by atoms with Crippen molar-refractivity contribution in [1.82, 2.24) is 20.0 Å². The van der Waals surface area contributed by atoms with Gasteiger partial charge in [0, 0.05) is 32.3 Å². The molecule has 0 radical (unpaired) electrons. The first-order valence-corrected chi connectivity index (χ1v) is 7.94. The number of urea groups is 1. The first kappa shape index (κ1) is 15.5. The second-order valence-electron chi connectivity index (χ2n) is 6.20. The molecule has 1 aromatic rings. The van der Waals surface area contributed by atoms with Crippen LogP contribution in [-0.4, -0.2) is 44.6 Å². The Morgan fingerprint density at radius 1 is 1.35 bits per heavy atom. The molecule has 0 aromatic carbocycles. The molecule has 8 heteroatoms. The summed E-state index contributed by atoms with van der Waals surface area (Å²) in [4.78, 5) is 37.7. The van der Waals surface area contributed by atoms with E-state index >= 15 is 0 Å². The van der Waals surface area contributed by atoms with E-state index in [0.29, 0.717) is 18.7 Å². The van der Waals surface area contributed by atoms with Gasteiger partial charge in [0.1, 0.15) is 5.54 Å². The molecule has 0 unspecified atom stereocenters. The zero-order valence-electron chi connectivity index (χ0n) is 13.2. The molecule has 1 saturated carbocycles. The molecular weight excluding hydrogens is 298 g/mol. The Bertz CT molecular complexity index is 633. The van der Waals surface area contributed by atoms with E-state index in [2.05, 4.69) is 15.7 Å². The number of rotatable bonds is 4. The van der Waals surface area contributed by atoms with E-state index < -0.39 is 5.54 Å². The van der Waals surface area contributed by atoms with Crippen LogP contribution in [0.25, 0.3) is 0 Å². The SMILES string of the molecule is Cn1ccc(NC(=O)CCN2C(=O)NC3(CCCCC3)C2=O)n1. The van der Waals surface area contributed by atoms with Crippen LogP contribution in [0, 0.1) is 0 Å². The average molecular weight is 319 g/mol. The van der Waals surface area contributed by atoms with E-state index in [4.69, 9.17) is 0 Å². The van der Waals surface area contributed by atoms with Crippen molar-refractivity contribution in [1.29, 1.82) is 0 Å². The van der Waals surface area contributed by atoms with Crippen molar-refractivity contribution in [3.05, 3.63) is 12.3 Å². The Hall–Kier alpha value is -2.38. The fourth-order valence-electron chi connectivity index (χ4n) is 3.27. The van der Waals surface area contributed by atoms with Crippen LogP contribution in [0.3, 0.4) is 0 Å². The second kappa shape index (κ2) is 6.02. The Balaban J connectivity index is 1.56. The third kappa shape index (κ3) is 3.06. The van der Waals surface area contributed by atoms with Gasteiger partial charge in [0.15, 0.2) is 5.82 Å². The predicted molar refractivity (Wildman–Crippen MR) is 82.5 cm³/mol. The van der Waals surface area contributed by atoms with E-state index in [1.807, 2.05) is 0 Å². The van der Waals surface area contributed by atoms with Crippen molar-refractivity contribution in [2.24, 2.45) is 7.05 Å². The maximum atomic E-state index is 12.6. The van der Waals surface area contributed by atoms with Crippen LogP contribution >= 0.6 is 0 Å². The van der Waals surface area contributed by atoms with Crippen LogP contribution < -0.4 is 10.6 Å². The van der Waals surface area contributed by atoms with Gasteiger partial charge in [-0.05, 0) is 12.8 Å².